The van der Waals surface area contributed by atoms with Crippen LogP contribution < -0.4 is 5.43 Å². The van der Waals surface area contributed by atoms with Gasteiger partial charge in [-0.15, -0.1) is 0 Å². The van der Waals surface area contributed by atoms with Crippen molar-refractivity contribution in [3.8, 4) is 11.4 Å². The minimum absolute atomic E-state index is 0.0142. The van der Waals surface area contributed by atoms with Crippen molar-refractivity contribution < 1.29 is 9.90 Å². The van der Waals surface area contributed by atoms with Crippen LogP contribution in [0.2, 0.25) is 5.15 Å². The van der Waals surface area contributed by atoms with Crippen LogP contribution in [0.3, 0.4) is 0 Å². The number of hydrogen-bond donors (Lipinski definition) is 2. The van der Waals surface area contributed by atoms with Crippen LogP contribution in [-0.4, -0.2) is 27.0 Å². The lowest BCUT2D eigenvalue weighted by molar-refractivity contribution is 0.0954. The van der Waals surface area contributed by atoms with Crippen molar-refractivity contribution in [2.24, 2.45) is 5.10 Å². The van der Waals surface area contributed by atoms with E-state index in [1.807, 2.05) is 39.0 Å². The zero-order valence-corrected chi connectivity index (χ0v) is 15.9. The van der Waals surface area contributed by atoms with Gasteiger partial charge >= 0.3 is 0 Å². The van der Waals surface area contributed by atoms with Crippen LogP contribution >= 0.6 is 11.6 Å². The first-order chi connectivity index (χ1) is 12.9. The molecule has 2 N–H and O–H groups in total. The summed E-state index contributed by atoms with van der Waals surface area (Å²) in [5, 5.41) is 18.3. The number of amides is 1. The molecule has 1 aromatic heterocycles. The van der Waals surface area contributed by atoms with Gasteiger partial charge < -0.3 is 5.11 Å². The molecule has 0 unspecified atom stereocenters. The fourth-order valence-corrected chi connectivity index (χ4v) is 2.95. The van der Waals surface area contributed by atoms with Gasteiger partial charge in [-0.25, -0.2) is 10.1 Å². The Balaban J connectivity index is 1.84. The van der Waals surface area contributed by atoms with Crippen LogP contribution in [0.4, 0.5) is 0 Å². The molecule has 1 amide bonds. The summed E-state index contributed by atoms with van der Waals surface area (Å²) in [5.74, 6) is -0.418. The number of nitrogens with one attached hydrogen (secondary N) is 1. The summed E-state index contributed by atoms with van der Waals surface area (Å²) in [6, 6.07) is 12.1. The van der Waals surface area contributed by atoms with Crippen LogP contribution in [-0.2, 0) is 0 Å². The minimum Gasteiger partial charge on any atom is -0.508 e. The first-order valence-corrected chi connectivity index (χ1v) is 8.70. The van der Waals surface area contributed by atoms with Gasteiger partial charge in [0.25, 0.3) is 5.91 Å². The number of halogens is 1. The van der Waals surface area contributed by atoms with Crippen molar-refractivity contribution in [2.45, 2.75) is 20.8 Å². The Morgan fingerprint density at radius 3 is 2.74 bits per heavy atom. The monoisotopic (exact) mass is 382 g/mol. The summed E-state index contributed by atoms with van der Waals surface area (Å²) in [6.45, 7) is 5.82. The summed E-state index contributed by atoms with van der Waals surface area (Å²) in [4.78, 5) is 12.1. The first kappa shape index (κ1) is 18.7. The Hall–Kier alpha value is -3.12. The molecule has 3 rings (SSSR count). The molecule has 138 valence electrons. The highest BCUT2D eigenvalue weighted by atomic mass is 35.5. The number of aromatic hydroxyl groups is 1. The molecular formula is C20H19ClN4O2. The first-order valence-electron chi connectivity index (χ1n) is 8.32. The van der Waals surface area contributed by atoms with Gasteiger partial charge in [0.15, 0.2) is 0 Å². The third-order valence-corrected chi connectivity index (χ3v) is 4.47. The van der Waals surface area contributed by atoms with Gasteiger partial charge in [-0.2, -0.15) is 10.2 Å². The van der Waals surface area contributed by atoms with E-state index in [9.17, 15) is 9.90 Å². The van der Waals surface area contributed by atoms with Gasteiger partial charge in [0, 0.05) is 5.56 Å². The molecule has 27 heavy (non-hydrogen) atoms. The van der Waals surface area contributed by atoms with Gasteiger partial charge in [0.05, 0.1) is 23.2 Å². The summed E-state index contributed by atoms with van der Waals surface area (Å²) < 4.78 is 1.66. The SMILES string of the molecule is Cc1ccc(C)c(-n2nc(C)c(/C=N\NC(=O)c3cccc(O)c3)c2Cl)c1. The molecule has 0 spiro atoms. The topological polar surface area (TPSA) is 79.5 Å². The van der Waals surface area contributed by atoms with Gasteiger partial charge in [-0.1, -0.05) is 29.8 Å². The normalized spacial score (nSPS) is 11.1. The highest BCUT2D eigenvalue weighted by Crippen LogP contribution is 2.24. The molecule has 0 saturated heterocycles. The maximum Gasteiger partial charge on any atom is 0.271 e. The van der Waals surface area contributed by atoms with Crippen molar-refractivity contribution >= 4 is 23.7 Å². The average Bonchev–Trinajstić information content (AvgIpc) is 2.91. The lowest BCUT2D eigenvalue weighted by atomic mass is 10.1. The number of aromatic nitrogens is 2. The van der Waals surface area contributed by atoms with E-state index in [-0.39, 0.29) is 5.75 Å². The zero-order valence-electron chi connectivity index (χ0n) is 15.2. The standard InChI is InChI=1S/C20H19ClN4O2/c1-12-7-8-13(2)18(9-12)25-19(21)17(14(3)24-25)11-22-23-20(27)15-5-4-6-16(26)10-15/h4-11,26H,1-3H3,(H,23,27)/b22-11-. The van der Waals surface area contributed by atoms with Crippen molar-refractivity contribution in [1.29, 1.82) is 0 Å². The van der Waals surface area contributed by atoms with Crippen LogP contribution in [0.25, 0.3) is 5.69 Å². The highest BCUT2D eigenvalue weighted by Gasteiger charge is 2.15. The zero-order chi connectivity index (χ0) is 19.6. The van der Waals surface area contributed by atoms with Gasteiger partial charge in [-0.05, 0) is 56.2 Å². The molecule has 0 aliphatic carbocycles. The molecule has 2 aromatic carbocycles. The van der Waals surface area contributed by atoms with E-state index < -0.39 is 5.91 Å². The second-order valence-electron chi connectivity index (χ2n) is 6.24. The molecule has 0 bridgehead atoms. The largest absolute Gasteiger partial charge is 0.508 e. The molecule has 6 nitrogen and oxygen atoms in total. The van der Waals surface area contributed by atoms with Crippen LogP contribution in [0.15, 0.2) is 47.6 Å². The number of benzene rings is 2. The molecule has 7 heteroatoms. The number of aryl methyl sites for hydroxylation is 3. The molecule has 0 fully saturated rings. The number of phenols is 1. The molecule has 3 aromatic rings. The third kappa shape index (κ3) is 4.01. The van der Waals surface area contributed by atoms with Crippen molar-refractivity contribution in [3.05, 3.63) is 75.6 Å². The lowest BCUT2D eigenvalue weighted by Crippen LogP contribution is -2.17. The van der Waals surface area contributed by atoms with E-state index in [1.165, 1.54) is 18.3 Å². The van der Waals surface area contributed by atoms with Crippen LogP contribution in [0.5, 0.6) is 5.75 Å². The van der Waals surface area contributed by atoms with E-state index in [0.717, 1.165) is 16.8 Å². The van der Waals surface area contributed by atoms with Gasteiger partial charge in [-0.3, -0.25) is 4.79 Å². The number of phenolic OH excluding ortho intramolecular Hbond substituents is 1. The van der Waals surface area contributed by atoms with Crippen molar-refractivity contribution in [2.75, 3.05) is 0 Å². The molecular weight excluding hydrogens is 364 g/mol. The average molecular weight is 383 g/mol. The number of carbonyl (C=O) groups excluding carboxylic acids is 1. The molecule has 1 heterocycles. The van der Waals surface area contributed by atoms with Crippen LogP contribution in [0.1, 0.15) is 32.7 Å². The van der Waals surface area contributed by atoms with Crippen molar-refractivity contribution in [3.63, 3.8) is 0 Å². The summed E-state index contributed by atoms with van der Waals surface area (Å²) in [7, 11) is 0. The third-order valence-electron chi connectivity index (χ3n) is 4.11. The van der Waals surface area contributed by atoms with Gasteiger partial charge in [0.1, 0.15) is 10.9 Å². The molecule has 0 aliphatic heterocycles. The predicted molar refractivity (Wildman–Crippen MR) is 106 cm³/mol. The fourth-order valence-electron chi connectivity index (χ4n) is 2.63. The Labute approximate surface area is 162 Å². The number of hydrogen-bond acceptors (Lipinski definition) is 4. The second-order valence-corrected chi connectivity index (χ2v) is 6.60. The van der Waals surface area contributed by atoms with E-state index >= 15 is 0 Å². The fraction of sp³-hybridized carbons (Fsp3) is 0.150. The number of hydrazone groups is 1. The van der Waals surface area contributed by atoms with E-state index in [0.29, 0.717) is 22.0 Å². The van der Waals surface area contributed by atoms with Crippen molar-refractivity contribution in [1.82, 2.24) is 15.2 Å². The molecule has 0 saturated carbocycles. The van der Waals surface area contributed by atoms with Gasteiger partial charge in [0.2, 0.25) is 0 Å². The quantitative estimate of drug-likeness (QED) is 0.530. The van der Waals surface area contributed by atoms with E-state index in [2.05, 4.69) is 15.6 Å². The smallest absolute Gasteiger partial charge is 0.271 e. The minimum atomic E-state index is -0.433. The van der Waals surface area contributed by atoms with Crippen LogP contribution in [0, 0.1) is 20.8 Å². The van der Waals surface area contributed by atoms with E-state index in [4.69, 9.17) is 11.6 Å². The summed E-state index contributed by atoms with van der Waals surface area (Å²) in [5.41, 5.74) is 7.09. The predicted octanol–water partition coefficient (Wildman–Crippen LogP) is 3.92. The van der Waals surface area contributed by atoms with E-state index in [1.54, 1.807) is 16.8 Å². The highest BCUT2D eigenvalue weighted by molar-refractivity contribution is 6.32. The molecule has 0 atom stereocenters. The number of nitrogens with zero attached hydrogens (tertiary/aromatic N) is 3. The Kier molecular flexibility index (Phi) is 5.28. The number of rotatable bonds is 4. The lowest BCUT2D eigenvalue weighted by Gasteiger charge is -2.08. The summed E-state index contributed by atoms with van der Waals surface area (Å²) in [6.07, 6.45) is 1.47. The maximum atomic E-state index is 12.1. The Bertz CT molecular complexity index is 1040. The summed E-state index contributed by atoms with van der Waals surface area (Å²) >= 11 is 6.51. The molecule has 0 aliphatic rings. The maximum absolute atomic E-state index is 12.1. The number of carbonyl (C=O) groups is 1. The molecule has 0 radical (unpaired) electrons. The Morgan fingerprint density at radius 1 is 1.22 bits per heavy atom. The second kappa shape index (κ2) is 7.63. The Morgan fingerprint density at radius 2 is 2.00 bits per heavy atom.